The quantitative estimate of drug-likeness (QED) is 0.740. The zero-order valence-corrected chi connectivity index (χ0v) is 7.62. The van der Waals surface area contributed by atoms with Crippen LogP contribution in [0.1, 0.15) is 20.3 Å². The maximum absolute atomic E-state index is 4.06. The lowest BCUT2D eigenvalue weighted by Gasteiger charge is -2.09. The fourth-order valence-corrected chi connectivity index (χ4v) is 0.818. The minimum absolute atomic E-state index is 0.694. The van der Waals surface area contributed by atoms with Crippen LogP contribution < -0.4 is 5.32 Å². The molecule has 0 aliphatic heterocycles. The minimum atomic E-state index is 0.694. The lowest BCUT2D eigenvalue weighted by molar-refractivity contribution is 0.592. The third-order valence-electron chi connectivity index (χ3n) is 1.91. The van der Waals surface area contributed by atoms with Crippen molar-refractivity contribution in [1.82, 2.24) is 9.97 Å². The number of nitrogens with zero attached hydrogens (tertiary/aromatic N) is 2. The highest BCUT2D eigenvalue weighted by Gasteiger charge is 1.97. The van der Waals surface area contributed by atoms with Gasteiger partial charge in [0.2, 0.25) is 0 Å². The summed E-state index contributed by atoms with van der Waals surface area (Å²) in [5.41, 5.74) is 0. The van der Waals surface area contributed by atoms with E-state index in [1.165, 1.54) is 6.42 Å². The molecule has 0 aliphatic carbocycles. The standard InChI is InChI=1S/C9H15N3/c1-3-8(2)6-11-9-4-5-10-7-12-9/h4-5,7-8H,3,6H2,1-2H3,(H,10,11,12). The van der Waals surface area contributed by atoms with E-state index in [1.54, 1.807) is 12.5 Å². The molecule has 3 nitrogen and oxygen atoms in total. The van der Waals surface area contributed by atoms with Gasteiger partial charge < -0.3 is 5.32 Å². The first-order valence-corrected chi connectivity index (χ1v) is 4.32. The minimum Gasteiger partial charge on any atom is -0.370 e. The normalized spacial score (nSPS) is 12.5. The Kier molecular flexibility index (Phi) is 3.51. The number of hydrogen-bond donors (Lipinski definition) is 1. The van der Waals surface area contributed by atoms with Crippen molar-refractivity contribution in [2.75, 3.05) is 11.9 Å². The van der Waals surface area contributed by atoms with E-state index in [2.05, 4.69) is 29.1 Å². The van der Waals surface area contributed by atoms with Gasteiger partial charge in [0, 0.05) is 12.7 Å². The van der Waals surface area contributed by atoms with Crippen molar-refractivity contribution in [3.05, 3.63) is 18.6 Å². The highest BCUT2D eigenvalue weighted by Crippen LogP contribution is 2.03. The highest BCUT2D eigenvalue weighted by atomic mass is 15.0. The van der Waals surface area contributed by atoms with Crippen LogP contribution in [-0.4, -0.2) is 16.5 Å². The van der Waals surface area contributed by atoms with E-state index >= 15 is 0 Å². The van der Waals surface area contributed by atoms with Gasteiger partial charge in [-0.2, -0.15) is 0 Å². The summed E-state index contributed by atoms with van der Waals surface area (Å²) in [5, 5.41) is 3.24. The van der Waals surface area contributed by atoms with E-state index in [1.807, 2.05) is 6.07 Å². The number of aromatic nitrogens is 2. The Morgan fingerprint density at radius 3 is 3.00 bits per heavy atom. The molecule has 1 rings (SSSR count). The van der Waals surface area contributed by atoms with Crippen molar-refractivity contribution in [2.45, 2.75) is 20.3 Å². The molecule has 1 aromatic heterocycles. The molecule has 0 spiro atoms. The summed E-state index contributed by atoms with van der Waals surface area (Å²) < 4.78 is 0. The molecule has 1 atom stereocenters. The molecule has 0 saturated heterocycles. The molecule has 12 heavy (non-hydrogen) atoms. The zero-order chi connectivity index (χ0) is 8.81. The van der Waals surface area contributed by atoms with Gasteiger partial charge in [0.25, 0.3) is 0 Å². The molecular weight excluding hydrogens is 150 g/mol. The summed E-state index contributed by atoms with van der Waals surface area (Å²) in [6, 6.07) is 1.88. The van der Waals surface area contributed by atoms with Crippen LogP contribution in [0.3, 0.4) is 0 Å². The Bertz CT molecular complexity index is 210. The van der Waals surface area contributed by atoms with Crippen LogP contribution in [0, 0.1) is 5.92 Å². The number of hydrogen-bond acceptors (Lipinski definition) is 3. The second kappa shape index (κ2) is 4.70. The smallest absolute Gasteiger partial charge is 0.129 e. The maximum atomic E-state index is 4.06. The molecule has 0 bridgehead atoms. The van der Waals surface area contributed by atoms with Gasteiger partial charge >= 0.3 is 0 Å². The third-order valence-corrected chi connectivity index (χ3v) is 1.91. The van der Waals surface area contributed by atoms with E-state index in [9.17, 15) is 0 Å². The van der Waals surface area contributed by atoms with Crippen LogP contribution in [0.25, 0.3) is 0 Å². The first kappa shape index (κ1) is 8.97. The summed E-state index contributed by atoms with van der Waals surface area (Å²) in [6.07, 6.45) is 4.49. The molecular formula is C9H15N3. The van der Waals surface area contributed by atoms with E-state index in [4.69, 9.17) is 0 Å². The fourth-order valence-electron chi connectivity index (χ4n) is 0.818. The van der Waals surface area contributed by atoms with E-state index in [-0.39, 0.29) is 0 Å². The Labute approximate surface area is 73.2 Å². The molecule has 1 N–H and O–H groups in total. The summed E-state index contributed by atoms with van der Waals surface area (Å²) in [5.74, 6) is 1.60. The van der Waals surface area contributed by atoms with Gasteiger partial charge in [0.15, 0.2) is 0 Å². The first-order chi connectivity index (χ1) is 5.83. The zero-order valence-electron chi connectivity index (χ0n) is 7.62. The Morgan fingerprint density at radius 1 is 1.58 bits per heavy atom. The Balaban J connectivity index is 2.33. The van der Waals surface area contributed by atoms with Gasteiger partial charge in [0.05, 0.1) is 0 Å². The molecule has 3 heteroatoms. The summed E-state index contributed by atoms with van der Waals surface area (Å²) in [7, 11) is 0. The predicted molar refractivity (Wildman–Crippen MR) is 50.0 cm³/mol. The summed E-state index contributed by atoms with van der Waals surface area (Å²) >= 11 is 0. The molecule has 0 saturated carbocycles. The second-order valence-electron chi connectivity index (χ2n) is 2.99. The van der Waals surface area contributed by atoms with Crippen molar-refractivity contribution >= 4 is 5.82 Å². The highest BCUT2D eigenvalue weighted by molar-refractivity contribution is 5.31. The number of rotatable bonds is 4. The van der Waals surface area contributed by atoms with Gasteiger partial charge in [-0.3, -0.25) is 0 Å². The second-order valence-corrected chi connectivity index (χ2v) is 2.99. The average Bonchev–Trinajstić information content (AvgIpc) is 2.16. The molecule has 0 aromatic carbocycles. The van der Waals surface area contributed by atoms with Crippen LogP contribution in [0.15, 0.2) is 18.6 Å². The molecule has 0 aliphatic rings. The average molecular weight is 165 g/mol. The van der Waals surface area contributed by atoms with Gasteiger partial charge in [-0.25, -0.2) is 9.97 Å². The van der Waals surface area contributed by atoms with Crippen molar-refractivity contribution < 1.29 is 0 Å². The van der Waals surface area contributed by atoms with Crippen LogP contribution in [0.5, 0.6) is 0 Å². The Hall–Kier alpha value is -1.12. The first-order valence-electron chi connectivity index (χ1n) is 4.32. The topological polar surface area (TPSA) is 37.8 Å². The molecule has 1 heterocycles. The monoisotopic (exact) mass is 165 g/mol. The van der Waals surface area contributed by atoms with Crippen LogP contribution >= 0.6 is 0 Å². The number of nitrogens with one attached hydrogen (secondary N) is 1. The van der Waals surface area contributed by atoms with Crippen molar-refractivity contribution in [3.8, 4) is 0 Å². The van der Waals surface area contributed by atoms with E-state index < -0.39 is 0 Å². The maximum Gasteiger partial charge on any atom is 0.129 e. The van der Waals surface area contributed by atoms with Crippen molar-refractivity contribution in [3.63, 3.8) is 0 Å². The van der Waals surface area contributed by atoms with Crippen LogP contribution in [-0.2, 0) is 0 Å². The van der Waals surface area contributed by atoms with Crippen LogP contribution in [0.2, 0.25) is 0 Å². The van der Waals surface area contributed by atoms with Crippen molar-refractivity contribution in [2.24, 2.45) is 5.92 Å². The summed E-state index contributed by atoms with van der Waals surface area (Å²) in [6.45, 7) is 5.38. The molecule has 0 radical (unpaired) electrons. The molecule has 66 valence electrons. The van der Waals surface area contributed by atoms with Gasteiger partial charge in [-0.1, -0.05) is 20.3 Å². The molecule has 0 amide bonds. The molecule has 0 fully saturated rings. The predicted octanol–water partition coefficient (Wildman–Crippen LogP) is 1.93. The lowest BCUT2D eigenvalue weighted by atomic mass is 10.1. The SMILES string of the molecule is CCC(C)CNc1ccncn1. The van der Waals surface area contributed by atoms with Gasteiger partial charge in [0.1, 0.15) is 12.1 Å². The van der Waals surface area contributed by atoms with Gasteiger partial charge in [-0.15, -0.1) is 0 Å². The van der Waals surface area contributed by atoms with Crippen molar-refractivity contribution in [1.29, 1.82) is 0 Å². The fraction of sp³-hybridized carbons (Fsp3) is 0.556. The lowest BCUT2D eigenvalue weighted by Crippen LogP contribution is -2.10. The third kappa shape index (κ3) is 2.86. The van der Waals surface area contributed by atoms with Gasteiger partial charge in [-0.05, 0) is 12.0 Å². The van der Waals surface area contributed by atoms with E-state index in [0.29, 0.717) is 5.92 Å². The molecule has 1 aromatic rings. The van der Waals surface area contributed by atoms with Crippen LogP contribution in [0.4, 0.5) is 5.82 Å². The largest absolute Gasteiger partial charge is 0.370 e. The van der Waals surface area contributed by atoms with E-state index in [0.717, 1.165) is 12.4 Å². The Morgan fingerprint density at radius 2 is 2.42 bits per heavy atom. The molecule has 1 unspecified atom stereocenters. The number of anilines is 1. The summed E-state index contributed by atoms with van der Waals surface area (Å²) in [4.78, 5) is 7.90.